The van der Waals surface area contributed by atoms with E-state index in [1.165, 1.54) is 0 Å². The van der Waals surface area contributed by atoms with Crippen molar-refractivity contribution < 1.29 is 9.53 Å². The standard InChI is InChI=1S/C13H8O2S2/c14-13-8-10(12-4-2-6-17-12)11(15-13)7-9-3-1-5-16-9/h1-8H/b11-7-. The van der Waals surface area contributed by atoms with Crippen LogP contribution in [-0.4, -0.2) is 5.97 Å². The van der Waals surface area contributed by atoms with Crippen LogP contribution in [0.15, 0.2) is 46.9 Å². The van der Waals surface area contributed by atoms with E-state index in [4.69, 9.17) is 4.74 Å². The van der Waals surface area contributed by atoms with Gasteiger partial charge in [-0.1, -0.05) is 12.1 Å². The number of thiophene rings is 2. The molecule has 0 aliphatic carbocycles. The highest BCUT2D eigenvalue weighted by Crippen LogP contribution is 2.33. The molecule has 17 heavy (non-hydrogen) atoms. The van der Waals surface area contributed by atoms with Crippen LogP contribution in [0.25, 0.3) is 11.6 Å². The number of carbonyl (C=O) groups excluding carboxylic acids is 1. The Morgan fingerprint density at radius 1 is 1.12 bits per heavy atom. The molecule has 0 atom stereocenters. The maximum atomic E-state index is 11.4. The second kappa shape index (κ2) is 4.31. The lowest BCUT2D eigenvalue weighted by Gasteiger charge is -2.00. The van der Waals surface area contributed by atoms with Gasteiger partial charge in [-0.05, 0) is 29.0 Å². The molecular formula is C13H8O2S2. The number of carbonyl (C=O) groups is 1. The van der Waals surface area contributed by atoms with Gasteiger partial charge < -0.3 is 4.74 Å². The van der Waals surface area contributed by atoms with Gasteiger partial charge in [-0.2, -0.15) is 0 Å². The number of esters is 1. The van der Waals surface area contributed by atoms with Gasteiger partial charge in [0, 0.05) is 21.4 Å². The first-order chi connectivity index (χ1) is 8.33. The molecule has 2 aromatic rings. The minimum Gasteiger partial charge on any atom is -0.423 e. The molecule has 0 saturated heterocycles. The van der Waals surface area contributed by atoms with Crippen LogP contribution in [0.1, 0.15) is 9.75 Å². The van der Waals surface area contributed by atoms with Crippen LogP contribution in [0.4, 0.5) is 0 Å². The molecule has 0 unspecified atom stereocenters. The summed E-state index contributed by atoms with van der Waals surface area (Å²) in [7, 11) is 0. The Morgan fingerprint density at radius 2 is 1.94 bits per heavy atom. The number of hydrogen-bond acceptors (Lipinski definition) is 4. The quantitative estimate of drug-likeness (QED) is 0.768. The third-order valence-electron chi connectivity index (χ3n) is 2.34. The number of hydrogen-bond donors (Lipinski definition) is 0. The summed E-state index contributed by atoms with van der Waals surface area (Å²) in [5.74, 6) is 0.344. The first-order valence-electron chi connectivity index (χ1n) is 5.06. The summed E-state index contributed by atoms with van der Waals surface area (Å²) >= 11 is 3.22. The van der Waals surface area contributed by atoms with Gasteiger partial charge in [0.1, 0.15) is 5.76 Å². The fourth-order valence-electron chi connectivity index (χ4n) is 1.62. The normalized spacial score (nSPS) is 17.3. The minimum atomic E-state index is -0.295. The number of ether oxygens (including phenoxy) is 1. The van der Waals surface area contributed by atoms with Crippen molar-refractivity contribution in [1.29, 1.82) is 0 Å². The van der Waals surface area contributed by atoms with Crippen LogP contribution in [0.3, 0.4) is 0 Å². The zero-order valence-electron chi connectivity index (χ0n) is 8.75. The Morgan fingerprint density at radius 3 is 2.65 bits per heavy atom. The van der Waals surface area contributed by atoms with E-state index in [1.807, 2.05) is 41.1 Å². The highest BCUT2D eigenvalue weighted by molar-refractivity contribution is 7.11. The van der Waals surface area contributed by atoms with Crippen molar-refractivity contribution in [2.75, 3.05) is 0 Å². The van der Waals surface area contributed by atoms with Crippen molar-refractivity contribution in [1.82, 2.24) is 0 Å². The van der Waals surface area contributed by atoms with Crippen molar-refractivity contribution in [3.05, 3.63) is 56.6 Å². The molecule has 0 spiro atoms. The van der Waals surface area contributed by atoms with Gasteiger partial charge in [0.25, 0.3) is 0 Å². The summed E-state index contributed by atoms with van der Waals surface area (Å²) in [6.45, 7) is 0. The number of rotatable bonds is 2. The maximum Gasteiger partial charge on any atom is 0.336 e. The topological polar surface area (TPSA) is 26.3 Å². The van der Waals surface area contributed by atoms with Gasteiger partial charge in [-0.3, -0.25) is 0 Å². The molecule has 2 nitrogen and oxygen atoms in total. The molecule has 0 aromatic carbocycles. The Balaban J connectivity index is 2.01. The summed E-state index contributed by atoms with van der Waals surface area (Å²) in [4.78, 5) is 13.5. The predicted octanol–water partition coefficient (Wildman–Crippen LogP) is 3.79. The fourth-order valence-corrected chi connectivity index (χ4v) is 3.01. The lowest BCUT2D eigenvalue weighted by atomic mass is 10.2. The average Bonchev–Trinajstić information content (AvgIpc) is 3.00. The van der Waals surface area contributed by atoms with Crippen LogP contribution in [0, 0.1) is 0 Å². The molecule has 1 aliphatic rings. The second-order valence-electron chi connectivity index (χ2n) is 3.48. The monoisotopic (exact) mass is 260 g/mol. The minimum absolute atomic E-state index is 0.295. The molecular weight excluding hydrogens is 252 g/mol. The third-order valence-corrected chi connectivity index (χ3v) is 4.06. The number of cyclic esters (lactones) is 1. The molecule has 0 amide bonds. The summed E-state index contributed by atoms with van der Waals surface area (Å²) in [6.07, 6.45) is 3.45. The summed E-state index contributed by atoms with van der Waals surface area (Å²) in [5.41, 5.74) is 0.874. The Labute approximate surface area is 106 Å². The predicted molar refractivity (Wildman–Crippen MR) is 70.7 cm³/mol. The Hall–Kier alpha value is -1.65. The highest BCUT2D eigenvalue weighted by Gasteiger charge is 2.22. The van der Waals surface area contributed by atoms with E-state index in [9.17, 15) is 4.79 Å². The Kier molecular flexibility index (Phi) is 2.66. The maximum absolute atomic E-state index is 11.4. The van der Waals surface area contributed by atoms with Crippen molar-refractivity contribution in [2.45, 2.75) is 0 Å². The van der Waals surface area contributed by atoms with Gasteiger partial charge in [0.15, 0.2) is 0 Å². The van der Waals surface area contributed by atoms with Crippen LogP contribution >= 0.6 is 22.7 Å². The van der Waals surface area contributed by atoms with E-state index in [-0.39, 0.29) is 5.97 Å². The van der Waals surface area contributed by atoms with Crippen molar-refractivity contribution >= 4 is 40.3 Å². The van der Waals surface area contributed by atoms with E-state index in [2.05, 4.69) is 0 Å². The summed E-state index contributed by atoms with van der Waals surface area (Å²) in [6, 6.07) is 7.92. The second-order valence-corrected chi connectivity index (χ2v) is 5.41. The van der Waals surface area contributed by atoms with Crippen LogP contribution < -0.4 is 0 Å². The first kappa shape index (κ1) is 10.5. The van der Waals surface area contributed by atoms with Crippen molar-refractivity contribution in [3.8, 4) is 0 Å². The lowest BCUT2D eigenvalue weighted by Crippen LogP contribution is -1.90. The molecule has 3 rings (SSSR count). The van der Waals surface area contributed by atoms with Crippen molar-refractivity contribution in [3.63, 3.8) is 0 Å². The van der Waals surface area contributed by atoms with Gasteiger partial charge in [-0.25, -0.2) is 4.79 Å². The van der Waals surface area contributed by atoms with Gasteiger partial charge in [0.05, 0.1) is 0 Å². The van der Waals surface area contributed by atoms with E-state index in [0.717, 1.165) is 15.3 Å². The van der Waals surface area contributed by atoms with E-state index >= 15 is 0 Å². The fraction of sp³-hybridized carbons (Fsp3) is 0. The summed E-state index contributed by atoms with van der Waals surface area (Å²) in [5, 5.41) is 3.99. The molecule has 0 saturated carbocycles. The highest BCUT2D eigenvalue weighted by atomic mass is 32.1. The van der Waals surface area contributed by atoms with E-state index < -0.39 is 0 Å². The molecule has 3 heterocycles. The van der Waals surface area contributed by atoms with Crippen molar-refractivity contribution in [2.24, 2.45) is 0 Å². The van der Waals surface area contributed by atoms with Crippen LogP contribution in [0.5, 0.6) is 0 Å². The van der Waals surface area contributed by atoms with Crippen LogP contribution in [0.2, 0.25) is 0 Å². The number of allylic oxidation sites excluding steroid dienone is 1. The molecule has 0 fully saturated rings. The van der Waals surface area contributed by atoms with E-state index in [1.54, 1.807) is 28.7 Å². The van der Waals surface area contributed by atoms with E-state index in [0.29, 0.717) is 5.76 Å². The molecule has 0 radical (unpaired) electrons. The SMILES string of the molecule is O=C1C=C(c2cccs2)/C(=C/c2cccs2)O1. The Bertz CT molecular complexity index is 589. The zero-order valence-corrected chi connectivity index (χ0v) is 10.4. The summed E-state index contributed by atoms with van der Waals surface area (Å²) < 4.78 is 5.21. The molecule has 1 aliphatic heterocycles. The van der Waals surface area contributed by atoms with Crippen LogP contribution in [-0.2, 0) is 9.53 Å². The smallest absolute Gasteiger partial charge is 0.336 e. The van der Waals surface area contributed by atoms with Gasteiger partial charge in [-0.15, -0.1) is 22.7 Å². The first-order valence-corrected chi connectivity index (χ1v) is 6.82. The third kappa shape index (κ3) is 2.09. The largest absolute Gasteiger partial charge is 0.423 e. The molecule has 4 heteroatoms. The average molecular weight is 260 g/mol. The molecule has 0 N–H and O–H groups in total. The zero-order chi connectivity index (χ0) is 11.7. The lowest BCUT2D eigenvalue weighted by molar-refractivity contribution is -0.132. The molecule has 84 valence electrons. The van der Waals surface area contributed by atoms with Gasteiger partial charge in [0.2, 0.25) is 0 Å². The molecule has 0 bridgehead atoms. The van der Waals surface area contributed by atoms with Gasteiger partial charge >= 0.3 is 5.97 Å². The molecule has 2 aromatic heterocycles.